The van der Waals surface area contributed by atoms with Crippen molar-refractivity contribution in [2.75, 3.05) is 0 Å². The quantitative estimate of drug-likeness (QED) is 0.178. The van der Waals surface area contributed by atoms with E-state index in [1.165, 1.54) is 20.8 Å². The fourth-order valence-corrected chi connectivity index (χ4v) is 11.9. The first-order valence-corrected chi connectivity index (χ1v) is 15.8. The van der Waals surface area contributed by atoms with Crippen molar-refractivity contribution in [1.82, 2.24) is 0 Å². The maximum Gasteiger partial charge on any atom is 0.341 e. The third-order valence-corrected chi connectivity index (χ3v) is 14.0. The molecule has 8 aliphatic rings. The number of aliphatic hydroxyl groups excluding tert-OH is 1. The fraction of sp³-hybridized carbons (Fsp3) is 0.812. The Morgan fingerprint density at radius 1 is 0.911 bits per heavy atom. The van der Waals surface area contributed by atoms with Crippen molar-refractivity contribution in [3.05, 3.63) is 0 Å². The van der Waals surface area contributed by atoms with Gasteiger partial charge >= 0.3 is 17.9 Å². The van der Waals surface area contributed by atoms with Gasteiger partial charge in [-0.3, -0.25) is 24.0 Å². The highest BCUT2D eigenvalue weighted by atomic mass is 16.8. The average Bonchev–Trinajstić information content (AvgIpc) is 3.85. The second-order valence-electron chi connectivity index (χ2n) is 15.6. The van der Waals surface area contributed by atoms with E-state index in [-0.39, 0.29) is 6.42 Å². The van der Waals surface area contributed by atoms with Crippen LogP contribution in [0.2, 0.25) is 0 Å². The van der Waals surface area contributed by atoms with E-state index in [1.807, 2.05) is 6.92 Å². The largest absolute Gasteiger partial charge is 0.458 e. The van der Waals surface area contributed by atoms with Gasteiger partial charge in [0.1, 0.15) is 30.2 Å². The lowest BCUT2D eigenvalue weighted by Crippen LogP contribution is -2.73. The molecule has 0 bridgehead atoms. The molecule has 2 N–H and O–H groups in total. The van der Waals surface area contributed by atoms with E-state index in [0.717, 1.165) is 0 Å². The zero-order valence-electron chi connectivity index (χ0n) is 26.1. The molecule has 8 fully saturated rings. The summed E-state index contributed by atoms with van der Waals surface area (Å²) in [7, 11) is 0. The summed E-state index contributed by atoms with van der Waals surface area (Å²) >= 11 is 0. The van der Waals surface area contributed by atoms with Gasteiger partial charge < -0.3 is 33.9 Å². The molecule has 3 aliphatic heterocycles. The molecule has 0 aromatic heterocycles. The molecule has 13 nitrogen and oxygen atoms in total. The molecular weight excluding hydrogens is 592 g/mol. The van der Waals surface area contributed by atoms with E-state index in [1.54, 1.807) is 20.8 Å². The number of carbonyl (C=O) groups is 6. The van der Waals surface area contributed by atoms with Crippen molar-refractivity contribution in [2.45, 2.75) is 103 Å². The minimum atomic E-state index is -2.17. The van der Waals surface area contributed by atoms with E-state index in [9.17, 15) is 34.2 Å². The van der Waals surface area contributed by atoms with Crippen LogP contribution in [0.1, 0.15) is 54.9 Å². The molecule has 13 heteroatoms. The molecular formula is C32H38O13. The van der Waals surface area contributed by atoms with Gasteiger partial charge in [-0.05, 0) is 32.1 Å². The Kier molecular flexibility index (Phi) is 5.41. The first-order valence-electron chi connectivity index (χ1n) is 15.8. The molecule has 45 heavy (non-hydrogen) atoms. The van der Waals surface area contributed by atoms with Gasteiger partial charge in [-0.2, -0.15) is 0 Å². The highest BCUT2D eigenvalue weighted by Gasteiger charge is 2.93. The van der Waals surface area contributed by atoms with Gasteiger partial charge in [0.15, 0.2) is 5.60 Å². The monoisotopic (exact) mass is 630 g/mol. The Bertz CT molecular complexity index is 1520. The number of ketones is 3. The molecule has 0 radical (unpaired) electrons. The zero-order chi connectivity index (χ0) is 32.7. The highest BCUT2D eigenvalue weighted by Crippen LogP contribution is 2.79. The first kappa shape index (κ1) is 29.6. The molecule has 0 aromatic rings. The molecule has 8 rings (SSSR count). The predicted octanol–water partition coefficient (Wildman–Crippen LogP) is -0.101. The molecule has 18 atom stereocenters. The van der Waals surface area contributed by atoms with Crippen molar-refractivity contribution >= 4 is 35.3 Å². The van der Waals surface area contributed by atoms with Crippen LogP contribution in [0, 0.1) is 57.7 Å². The summed E-state index contributed by atoms with van der Waals surface area (Å²) in [6.45, 7) is 10.4. The van der Waals surface area contributed by atoms with E-state index in [2.05, 4.69) is 0 Å². The van der Waals surface area contributed by atoms with E-state index >= 15 is 4.79 Å². The first-order chi connectivity index (χ1) is 20.8. The number of ether oxygens (including phenoxy) is 5. The Morgan fingerprint density at radius 2 is 1.56 bits per heavy atom. The van der Waals surface area contributed by atoms with Crippen molar-refractivity contribution in [2.24, 2.45) is 57.7 Å². The molecule has 0 amide bonds. The average molecular weight is 631 g/mol. The topological polar surface area (TPSA) is 196 Å². The number of esters is 3. The Hall–Kier alpha value is -2.74. The maximum absolute atomic E-state index is 15.2. The number of epoxide rings is 2. The third-order valence-electron chi connectivity index (χ3n) is 14.0. The fourth-order valence-electron chi connectivity index (χ4n) is 11.9. The number of carbonyl (C=O) groups excluding carboxylic acids is 6. The molecule has 3 saturated heterocycles. The SMILES string of the molecule is CC(=O)O[C@H]1C2C(C(=O)C(=O)[C@H]3C[C@@H]4O[C@@H]4[C@H](O)[C@]23C)[C@@H]2C(=O)[C@@H]3[C@H]([C@H](C)[C@H]4O[C@]45OC(=O)[C@@](C)(O)[C@]35C)[C@@]2(C)[C@H]1OC(C)=O. The number of aliphatic hydroxyl groups is 2. The summed E-state index contributed by atoms with van der Waals surface area (Å²) in [5, 5.41) is 23.5. The van der Waals surface area contributed by atoms with Gasteiger partial charge in [0.25, 0.3) is 5.79 Å². The number of Topliss-reactive ketones (excluding diaryl/α,β-unsaturated/α-hetero) is 3. The van der Waals surface area contributed by atoms with Crippen LogP contribution < -0.4 is 0 Å². The van der Waals surface area contributed by atoms with Crippen LogP contribution in [-0.4, -0.2) is 93.5 Å². The molecule has 5 saturated carbocycles. The Morgan fingerprint density at radius 3 is 2.18 bits per heavy atom. The van der Waals surface area contributed by atoms with E-state index < -0.39 is 141 Å². The predicted molar refractivity (Wildman–Crippen MR) is 144 cm³/mol. The molecule has 3 heterocycles. The number of hydrogen-bond donors (Lipinski definition) is 2. The number of hydrogen-bond acceptors (Lipinski definition) is 13. The second-order valence-corrected chi connectivity index (χ2v) is 15.6. The van der Waals surface area contributed by atoms with Crippen LogP contribution in [0.15, 0.2) is 0 Å². The van der Waals surface area contributed by atoms with Gasteiger partial charge in [0, 0.05) is 54.3 Å². The molecule has 0 aromatic carbocycles. The molecule has 1 spiro atoms. The summed E-state index contributed by atoms with van der Waals surface area (Å²) in [5.41, 5.74) is -6.61. The second kappa shape index (κ2) is 8.21. The zero-order valence-corrected chi connectivity index (χ0v) is 26.1. The Balaban J connectivity index is 1.39. The van der Waals surface area contributed by atoms with Crippen LogP contribution in [0.3, 0.4) is 0 Å². The van der Waals surface area contributed by atoms with Crippen LogP contribution in [0.5, 0.6) is 0 Å². The van der Waals surface area contributed by atoms with E-state index in [4.69, 9.17) is 23.7 Å². The van der Waals surface area contributed by atoms with Gasteiger partial charge in [0.2, 0.25) is 11.6 Å². The summed E-state index contributed by atoms with van der Waals surface area (Å²) in [5.74, 6) is -13.1. The van der Waals surface area contributed by atoms with Gasteiger partial charge in [0.05, 0.1) is 17.6 Å². The Labute approximate surface area is 258 Å². The lowest BCUT2D eigenvalue weighted by Gasteiger charge is -2.62. The standard InChI is InChI=1S/C32H38O13/c1-9-15-18(30(6)31(7,40)27(39)45-32(30)25(9)44-32)21(37)16-14-17(23(41-10(2)33)26(29(15,16)5)42-11(3)34)28(4)12(19(35)20(14)36)8-13-22(43-13)24(28)38/h9,12-18,22-26,38,40H,8H2,1-7H3/t9-,12+,13-,14?,15-,16+,17?,18-,22-,23-,24-,25+,26-,28-,29+,30-,31+,32-/m0/s1. The minimum Gasteiger partial charge on any atom is -0.458 e. The summed E-state index contributed by atoms with van der Waals surface area (Å²) in [4.78, 5) is 82.4. The van der Waals surface area contributed by atoms with Crippen molar-refractivity contribution in [3.63, 3.8) is 0 Å². The van der Waals surface area contributed by atoms with Crippen LogP contribution >= 0.6 is 0 Å². The van der Waals surface area contributed by atoms with Gasteiger partial charge in [-0.1, -0.05) is 20.8 Å². The minimum absolute atomic E-state index is 0.178. The van der Waals surface area contributed by atoms with Crippen LogP contribution in [0.4, 0.5) is 0 Å². The number of fused-ring (bicyclic) bond motifs is 9. The van der Waals surface area contributed by atoms with Gasteiger partial charge in [-0.25, -0.2) is 4.79 Å². The lowest BCUT2D eigenvalue weighted by atomic mass is 9.41. The van der Waals surface area contributed by atoms with E-state index in [0.29, 0.717) is 0 Å². The summed E-state index contributed by atoms with van der Waals surface area (Å²) < 4.78 is 29.5. The maximum atomic E-state index is 15.2. The van der Waals surface area contributed by atoms with Crippen molar-refractivity contribution in [3.8, 4) is 0 Å². The smallest absolute Gasteiger partial charge is 0.341 e. The normalized spacial score (nSPS) is 59.7. The van der Waals surface area contributed by atoms with Crippen LogP contribution in [-0.2, 0) is 52.5 Å². The van der Waals surface area contributed by atoms with Gasteiger partial charge in [-0.15, -0.1) is 0 Å². The summed E-state index contributed by atoms with van der Waals surface area (Å²) in [6, 6.07) is 0. The molecule has 2 unspecified atom stereocenters. The molecule has 244 valence electrons. The summed E-state index contributed by atoms with van der Waals surface area (Å²) in [6.07, 6.45) is -5.42. The highest BCUT2D eigenvalue weighted by molar-refractivity contribution is 6.40. The van der Waals surface area contributed by atoms with Crippen molar-refractivity contribution < 1.29 is 62.7 Å². The van der Waals surface area contributed by atoms with Crippen LogP contribution in [0.25, 0.3) is 0 Å². The third kappa shape index (κ3) is 2.93. The lowest BCUT2D eigenvalue weighted by molar-refractivity contribution is -0.250. The number of rotatable bonds is 2. The van der Waals surface area contributed by atoms with Crippen molar-refractivity contribution in [1.29, 1.82) is 0 Å². The molecule has 5 aliphatic carbocycles.